The Morgan fingerprint density at radius 1 is 1.30 bits per heavy atom. The first-order chi connectivity index (χ1) is 9.31. The number of carbonyl (C=O) groups is 3. The molecule has 0 heterocycles. The van der Waals surface area contributed by atoms with E-state index in [-0.39, 0.29) is 10.2 Å². The Labute approximate surface area is 120 Å². The summed E-state index contributed by atoms with van der Waals surface area (Å²) in [5.41, 5.74) is -0.176. The zero-order valence-electron chi connectivity index (χ0n) is 9.89. The molecule has 2 amide bonds. The van der Waals surface area contributed by atoms with Crippen LogP contribution in [0, 0.1) is 5.82 Å². The third-order valence-corrected chi connectivity index (χ3v) is 2.84. The SMILES string of the molecule is O=C(O)C[C@H](NC(=O)Nc1c(F)cccc1Br)C(=O)O. The molecule has 0 aliphatic carbocycles. The smallest absolute Gasteiger partial charge is 0.326 e. The number of amides is 2. The molecule has 9 heteroatoms. The van der Waals surface area contributed by atoms with E-state index in [2.05, 4.69) is 21.2 Å². The molecule has 0 bridgehead atoms. The molecule has 1 atom stereocenters. The zero-order valence-corrected chi connectivity index (χ0v) is 11.5. The second-order valence-corrected chi connectivity index (χ2v) is 4.54. The Morgan fingerprint density at radius 2 is 1.95 bits per heavy atom. The fraction of sp³-hybridized carbons (Fsp3) is 0.182. The van der Waals surface area contributed by atoms with E-state index in [1.165, 1.54) is 12.1 Å². The van der Waals surface area contributed by atoms with Gasteiger partial charge in [-0.1, -0.05) is 6.07 Å². The Morgan fingerprint density at radius 3 is 2.45 bits per heavy atom. The highest BCUT2D eigenvalue weighted by Crippen LogP contribution is 2.24. The van der Waals surface area contributed by atoms with Crippen molar-refractivity contribution >= 4 is 39.6 Å². The van der Waals surface area contributed by atoms with Crippen LogP contribution in [0.25, 0.3) is 0 Å². The van der Waals surface area contributed by atoms with Gasteiger partial charge in [0.15, 0.2) is 0 Å². The molecule has 0 aromatic heterocycles. The van der Waals surface area contributed by atoms with Crippen molar-refractivity contribution < 1.29 is 29.0 Å². The topological polar surface area (TPSA) is 116 Å². The number of halogens is 2. The average molecular weight is 349 g/mol. The van der Waals surface area contributed by atoms with Gasteiger partial charge in [-0.3, -0.25) is 4.79 Å². The number of carbonyl (C=O) groups excluding carboxylic acids is 1. The lowest BCUT2D eigenvalue weighted by molar-refractivity contribution is -0.145. The van der Waals surface area contributed by atoms with Crippen LogP contribution in [0.5, 0.6) is 0 Å². The van der Waals surface area contributed by atoms with Gasteiger partial charge in [0.2, 0.25) is 0 Å². The van der Waals surface area contributed by atoms with Crippen LogP contribution in [0.2, 0.25) is 0 Å². The number of hydrogen-bond donors (Lipinski definition) is 4. The fourth-order valence-electron chi connectivity index (χ4n) is 1.30. The predicted octanol–water partition coefficient (Wildman–Crippen LogP) is 1.64. The zero-order chi connectivity index (χ0) is 15.3. The van der Waals surface area contributed by atoms with E-state index < -0.39 is 36.2 Å². The van der Waals surface area contributed by atoms with Gasteiger partial charge in [-0.05, 0) is 28.1 Å². The summed E-state index contributed by atoms with van der Waals surface area (Å²) < 4.78 is 13.7. The van der Waals surface area contributed by atoms with Gasteiger partial charge in [-0.25, -0.2) is 14.0 Å². The van der Waals surface area contributed by atoms with E-state index in [9.17, 15) is 18.8 Å². The predicted molar refractivity (Wildman–Crippen MR) is 69.9 cm³/mol. The maximum absolute atomic E-state index is 13.4. The van der Waals surface area contributed by atoms with Crippen LogP contribution in [0.15, 0.2) is 22.7 Å². The van der Waals surface area contributed by atoms with Crippen molar-refractivity contribution in [2.45, 2.75) is 12.5 Å². The highest BCUT2D eigenvalue weighted by molar-refractivity contribution is 9.10. The number of urea groups is 1. The molecule has 1 aromatic rings. The fourth-order valence-corrected chi connectivity index (χ4v) is 1.74. The number of carboxylic acids is 2. The molecule has 0 fully saturated rings. The number of para-hydroxylation sites is 1. The van der Waals surface area contributed by atoms with Gasteiger partial charge in [0.05, 0.1) is 12.1 Å². The summed E-state index contributed by atoms with van der Waals surface area (Å²) in [4.78, 5) is 32.8. The molecule has 0 aliphatic heterocycles. The van der Waals surface area contributed by atoms with Gasteiger partial charge < -0.3 is 20.8 Å². The van der Waals surface area contributed by atoms with Crippen LogP contribution in [0.4, 0.5) is 14.9 Å². The summed E-state index contributed by atoms with van der Waals surface area (Å²) in [6.45, 7) is 0. The maximum atomic E-state index is 13.4. The van der Waals surface area contributed by atoms with Crippen molar-refractivity contribution in [1.82, 2.24) is 5.32 Å². The number of aliphatic carboxylic acids is 2. The summed E-state index contributed by atoms with van der Waals surface area (Å²) in [5, 5.41) is 21.3. The first-order valence-electron chi connectivity index (χ1n) is 5.27. The number of carboxylic acid groups (broad SMARTS) is 2. The lowest BCUT2D eigenvalue weighted by atomic mass is 10.2. The second-order valence-electron chi connectivity index (χ2n) is 3.68. The van der Waals surface area contributed by atoms with Gasteiger partial charge in [0, 0.05) is 4.47 Å². The molecule has 1 aromatic carbocycles. The summed E-state index contributed by atoms with van der Waals surface area (Å²) in [6, 6.07) is 1.35. The molecule has 0 saturated heterocycles. The first kappa shape index (κ1) is 15.9. The summed E-state index contributed by atoms with van der Waals surface area (Å²) in [6.07, 6.45) is -0.790. The Balaban J connectivity index is 2.76. The normalized spacial score (nSPS) is 11.5. The molecule has 4 N–H and O–H groups in total. The summed E-state index contributed by atoms with van der Waals surface area (Å²) in [5.74, 6) is -3.61. The van der Waals surface area contributed by atoms with Gasteiger partial charge in [0.25, 0.3) is 0 Å². The molecular formula is C11H10BrFN2O5. The van der Waals surface area contributed by atoms with E-state index in [1.54, 1.807) is 0 Å². The quantitative estimate of drug-likeness (QED) is 0.645. The van der Waals surface area contributed by atoms with Crippen molar-refractivity contribution in [3.8, 4) is 0 Å². The number of nitrogens with one attached hydrogen (secondary N) is 2. The lowest BCUT2D eigenvalue weighted by Crippen LogP contribution is -2.44. The Kier molecular flexibility index (Phi) is 5.44. The van der Waals surface area contributed by atoms with Gasteiger partial charge in [-0.15, -0.1) is 0 Å². The summed E-state index contributed by atoms with van der Waals surface area (Å²) in [7, 11) is 0. The first-order valence-corrected chi connectivity index (χ1v) is 6.06. The van der Waals surface area contributed by atoms with Crippen LogP contribution in [0.3, 0.4) is 0 Å². The van der Waals surface area contributed by atoms with E-state index in [0.717, 1.165) is 6.07 Å². The molecule has 1 rings (SSSR count). The molecular weight excluding hydrogens is 339 g/mol. The van der Waals surface area contributed by atoms with Crippen molar-refractivity contribution in [2.24, 2.45) is 0 Å². The minimum atomic E-state index is -1.61. The van der Waals surface area contributed by atoms with Crippen LogP contribution in [-0.4, -0.2) is 34.2 Å². The van der Waals surface area contributed by atoms with Crippen LogP contribution < -0.4 is 10.6 Å². The molecule has 0 aliphatic rings. The van der Waals surface area contributed by atoms with Crippen LogP contribution in [-0.2, 0) is 9.59 Å². The molecule has 0 unspecified atom stereocenters. The van der Waals surface area contributed by atoms with Crippen molar-refractivity contribution in [3.05, 3.63) is 28.5 Å². The summed E-state index contributed by atoms with van der Waals surface area (Å²) >= 11 is 3.02. The van der Waals surface area contributed by atoms with Gasteiger partial charge >= 0.3 is 18.0 Å². The highest BCUT2D eigenvalue weighted by Gasteiger charge is 2.23. The Hall–Kier alpha value is -2.16. The van der Waals surface area contributed by atoms with Gasteiger partial charge in [0.1, 0.15) is 11.9 Å². The van der Waals surface area contributed by atoms with Gasteiger partial charge in [-0.2, -0.15) is 0 Å². The van der Waals surface area contributed by atoms with E-state index in [0.29, 0.717) is 0 Å². The minimum absolute atomic E-state index is 0.176. The largest absolute Gasteiger partial charge is 0.481 e. The molecule has 0 saturated carbocycles. The third kappa shape index (κ3) is 4.50. The van der Waals surface area contributed by atoms with Crippen LogP contribution in [0.1, 0.15) is 6.42 Å². The second kappa shape index (κ2) is 6.85. The third-order valence-electron chi connectivity index (χ3n) is 2.18. The number of rotatable bonds is 5. The molecule has 7 nitrogen and oxygen atoms in total. The Bertz CT molecular complexity index is 531. The lowest BCUT2D eigenvalue weighted by Gasteiger charge is -2.14. The van der Waals surface area contributed by atoms with Crippen molar-refractivity contribution in [3.63, 3.8) is 0 Å². The van der Waals surface area contributed by atoms with Crippen molar-refractivity contribution in [2.75, 3.05) is 5.32 Å². The molecule has 20 heavy (non-hydrogen) atoms. The monoisotopic (exact) mass is 348 g/mol. The number of anilines is 1. The molecule has 108 valence electrons. The highest BCUT2D eigenvalue weighted by atomic mass is 79.9. The number of benzene rings is 1. The van der Waals surface area contributed by atoms with E-state index in [4.69, 9.17) is 10.2 Å². The molecule has 0 radical (unpaired) electrons. The van der Waals surface area contributed by atoms with E-state index in [1.807, 2.05) is 5.32 Å². The number of hydrogen-bond acceptors (Lipinski definition) is 3. The van der Waals surface area contributed by atoms with E-state index >= 15 is 0 Å². The van der Waals surface area contributed by atoms with Crippen molar-refractivity contribution in [1.29, 1.82) is 0 Å². The standard InChI is InChI=1S/C11H10BrFN2O5/c12-5-2-1-3-6(13)9(5)15-11(20)14-7(10(18)19)4-8(16)17/h1-3,7H,4H2,(H,16,17)(H,18,19)(H2,14,15,20)/t7-/m0/s1. The maximum Gasteiger partial charge on any atom is 0.326 e. The average Bonchev–Trinajstić information content (AvgIpc) is 2.32. The molecule has 0 spiro atoms. The van der Waals surface area contributed by atoms with Crippen LogP contribution >= 0.6 is 15.9 Å². The minimum Gasteiger partial charge on any atom is -0.481 e.